The Balaban J connectivity index is 1.62. The van der Waals surface area contributed by atoms with Crippen LogP contribution in [-0.2, 0) is 10.2 Å². The molecule has 0 spiro atoms. The summed E-state index contributed by atoms with van der Waals surface area (Å²) in [5, 5.41) is 5.84. The summed E-state index contributed by atoms with van der Waals surface area (Å²) in [6, 6.07) is 12.3. The van der Waals surface area contributed by atoms with E-state index in [9.17, 15) is 0 Å². The Morgan fingerprint density at radius 2 is 1.88 bits per heavy atom. The van der Waals surface area contributed by atoms with Gasteiger partial charge in [-0.2, -0.15) is 9.61 Å². The summed E-state index contributed by atoms with van der Waals surface area (Å²) in [5.74, 6) is 1.08. The van der Waals surface area contributed by atoms with E-state index in [1.54, 1.807) is 0 Å². The molecule has 26 heavy (non-hydrogen) atoms. The number of hydrogen-bond donors (Lipinski definition) is 0. The monoisotopic (exact) mass is 368 g/mol. The molecule has 2 aliphatic rings. The fraction of sp³-hybridized carbons (Fsp3) is 0.400. The molecule has 2 fully saturated rings. The largest absolute Gasteiger partial charge is 0.378 e. The molecule has 6 heteroatoms. The van der Waals surface area contributed by atoms with Crippen molar-refractivity contribution in [2.24, 2.45) is 0 Å². The predicted octanol–water partition coefficient (Wildman–Crippen LogP) is 3.69. The van der Waals surface area contributed by atoms with Crippen LogP contribution in [0.15, 0.2) is 42.6 Å². The van der Waals surface area contributed by atoms with Crippen molar-refractivity contribution < 1.29 is 4.74 Å². The summed E-state index contributed by atoms with van der Waals surface area (Å²) in [5.41, 5.74) is 3.06. The van der Waals surface area contributed by atoms with E-state index < -0.39 is 0 Å². The molecule has 1 aliphatic carbocycles. The molecule has 134 valence electrons. The summed E-state index contributed by atoms with van der Waals surface area (Å²) in [4.78, 5) is 6.87. The highest BCUT2D eigenvalue weighted by atomic mass is 35.5. The zero-order chi connectivity index (χ0) is 17.6. The zero-order valence-electron chi connectivity index (χ0n) is 14.6. The maximum absolute atomic E-state index is 6.55. The Morgan fingerprint density at radius 3 is 2.62 bits per heavy atom. The molecule has 0 unspecified atom stereocenters. The molecule has 0 atom stereocenters. The molecule has 0 amide bonds. The number of morpholine rings is 1. The van der Waals surface area contributed by atoms with Crippen molar-refractivity contribution >= 4 is 23.1 Å². The van der Waals surface area contributed by atoms with Crippen LogP contribution in [0.4, 0.5) is 5.82 Å². The quantitative estimate of drug-likeness (QED) is 0.707. The SMILES string of the molecule is Clc1ccccc1C1(c2cc3nccc(N4CCOCC4)n3n2)CCC1. The van der Waals surface area contributed by atoms with Gasteiger partial charge < -0.3 is 9.64 Å². The van der Waals surface area contributed by atoms with Gasteiger partial charge in [0.05, 0.1) is 18.9 Å². The van der Waals surface area contributed by atoms with Gasteiger partial charge in [0.25, 0.3) is 0 Å². The molecule has 1 aromatic carbocycles. The standard InChI is InChI=1S/C20H21ClN4O/c21-16-5-2-1-4-15(16)20(7-3-8-20)17-14-18-22-9-6-19(25(18)23-17)24-10-12-26-13-11-24/h1-2,4-6,9,14H,3,7-8,10-13H2. The Hall–Kier alpha value is -2.11. The van der Waals surface area contributed by atoms with Crippen LogP contribution in [0.25, 0.3) is 5.65 Å². The average Bonchev–Trinajstić information content (AvgIpc) is 3.07. The van der Waals surface area contributed by atoms with Gasteiger partial charge >= 0.3 is 0 Å². The highest BCUT2D eigenvalue weighted by Gasteiger charge is 2.44. The molecule has 0 N–H and O–H groups in total. The van der Waals surface area contributed by atoms with Crippen molar-refractivity contribution in [1.82, 2.24) is 14.6 Å². The molecule has 5 rings (SSSR count). The second kappa shape index (κ2) is 6.25. The number of aromatic nitrogens is 3. The molecule has 0 bridgehead atoms. The highest BCUT2D eigenvalue weighted by Crippen LogP contribution is 2.50. The lowest BCUT2D eigenvalue weighted by molar-refractivity contribution is 0.122. The molecule has 2 aromatic heterocycles. The van der Waals surface area contributed by atoms with Crippen molar-refractivity contribution in [2.75, 3.05) is 31.2 Å². The van der Waals surface area contributed by atoms with Crippen molar-refractivity contribution in [2.45, 2.75) is 24.7 Å². The van der Waals surface area contributed by atoms with Gasteiger partial charge in [-0.05, 0) is 30.5 Å². The van der Waals surface area contributed by atoms with Crippen LogP contribution in [-0.4, -0.2) is 40.9 Å². The highest BCUT2D eigenvalue weighted by molar-refractivity contribution is 6.31. The number of anilines is 1. The molecule has 3 heterocycles. The summed E-state index contributed by atoms with van der Waals surface area (Å²) >= 11 is 6.55. The average molecular weight is 369 g/mol. The van der Waals surface area contributed by atoms with Gasteiger partial charge in [0, 0.05) is 35.8 Å². The predicted molar refractivity (Wildman–Crippen MR) is 102 cm³/mol. The number of ether oxygens (including phenoxy) is 1. The first-order chi connectivity index (χ1) is 12.8. The van der Waals surface area contributed by atoms with E-state index in [1.807, 2.05) is 28.9 Å². The van der Waals surface area contributed by atoms with Crippen molar-refractivity contribution in [1.29, 1.82) is 0 Å². The van der Waals surface area contributed by atoms with Gasteiger partial charge in [-0.3, -0.25) is 0 Å². The second-order valence-electron chi connectivity index (χ2n) is 7.12. The second-order valence-corrected chi connectivity index (χ2v) is 7.52. The van der Waals surface area contributed by atoms with Crippen molar-refractivity contribution in [3.63, 3.8) is 0 Å². The number of fused-ring (bicyclic) bond motifs is 1. The lowest BCUT2D eigenvalue weighted by Gasteiger charge is -2.41. The molecular formula is C20H21ClN4O. The maximum atomic E-state index is 6.55. The van der Waals surface area contributed by atoms with Crippen LogP contribution in [0.5, 0.6) is 0 Å². The summed E-state index contributed by atoms with van der Waals surface area (Å²) in [6.07, 6.45) is 5.22. The van der Waals surface area contributed by atoms with E-state index in [0.29, 0.717) is 0 Å². The van der Waals surface area contributed by atoms with E-state index in [4.69, 9.17) is 21.4 Å². The Kier molecular flexibility index (Phi) is 3.87. The lowest BCUT2D eigenvalue weighted by atomic mass is 9.62. The minimum atomic E-state index is -0.0890. The van der Waals surface area contributed by atoms with Crippen LogP contribution in [0.2, 0.25) is 5.02 Å². The normalized spacial score (nSPS) is 19.5. The van der Waals surface area contributed by atoms with E-state index in [0.717, 1.165) is 61.3 Å². The zero-order valence-corrected chi connectivity index (χ0v) is 15.3. The Labute approximate surface area is 157 Å². The number of hydrogen-bond acceptors (Lipinski definition) is 4. The minimum absolute atomic E-state index is 0.0890. The fourth-order valence-corrected chi connectivity index (χ4v) is 4.51. The van der Waals surface area contributed by atoms with Gasteiger partial charge in [-0.1, -0.05) is 36.2 Å². The summed E-state index contributed by atoms with van der Waals surface area (Å²) in [7, 11) is 0. The van der Waals surface area contributed by atoms with Crippen molar-refractivity contribution in [3.8, 4) is 0 Å². The topological polar surface area (TPSA) is 42.7 Å². The first-order valence-corrected chi connectivity index (χ1v) is 9.59. The molecular weight excluding hydrogens is 348 g/mol. The fourth-order valence-electron chi connectivity index (χ4n) is 4.19. The van der Waals surface area contributed by atoms with Crippen LogP contribution in [0.3, 0.4) is 0 Å². The maximum Gasteiger partial charge on any atom is 0.157 e. The summed E-state index contributed by atoms with van der Waals surface area (Å²) < 4.78 is 7.47. The van der Waals surface area contributed by atoms with Crippen LogP contribution in [0.1, 0.15) is 30.5 Å². The third kappa shape index (κ3) is 2.42. The molecule has 1 aliphatic heterocycles. The van der Waals surface area contributed by atoms with Gasteiger partial charge in [0.2, 0.25) is 0 Å². The number of benzene rings is 1. The first kappa shape index (κ1) is 16.1. The Bertz CT molecular complexity index is 944. The minimum Gasteiger partial charge on any atom is -0.378 e. The van der Waals surface area contributed by atoms with Crippen molar-refractivity contribution in [3.05, 3.63) is 58.9 Å². The number of rotatable bonds is 3. The molecule has 1 saturated carbocycles. The first-order valence-electron chi connectivity index (χ1n) is 9.21. The van der Waals surface area contributed by atoms with Crippen LogP contribution < -0.4 is 4.90 Å². The summed E-state index contributed by atoms with van der Waals surface area (Å²) in [6.45, 7) is 3.26. The smallest absolute Gasteiger partial charge is 0.157 e. The number of halogens is 1. The van der Waals surface area contributed by atoms with Crippen LogP contribution in [0, 0.1) is 0 Å². The molecule has 1 saturated heterocycles. The van der Waals surface area contributed by atoms with Gasteiger partial charge in [0.1, 0.15) is 5.82 Å². The van der Waals surface area contributed by atoms with E-state index in [1.165, 1.54) is 12.0 Å². The van der Waals surface area contributed by atoms with Gasteiger partial charge in [0.15, 0.2) is 5.65 Å². The molecule has 3 aromatic rings. The van der Waals surface area contributed by atoms with Gasteiger partial charge in [-0.25, -0.2) is 4.98 Å². The van der Waals surface area contributed by atoms with Crippen LogP contribution >= 0.6 is 11.6 Å². The molecule has 5 nitrogen and oxygen atoms in total. The Morgan fingerprint density at radius 1 is 1.08 bits per heavy atom. The van der Waals surface area contributed by atoms with E-state index >= 15 is 0 Å². The van der Waals surface area contributed by atoms with E-state index in [-0.39, 0.29) is 5.41 Å². The lowest BCUT2D eigenvalue weighted by Crippen LogP contribution is -2.38. The molecule has 0 radical (unpaired) electrons. The van der Waals surface area contributed by atoms with Gasteiger partial charge in [-0.15, -0.1) is 0 Å². The third-order valence-corrected chi connectivity index (χ3v) is 6.09. The van der Waals surface area contributed by atoms with E-state index in [2.05, 4.69) is 28.1 Å². The number of nitrogens with zero attached hydrogens (tertiary/aromatic N) is 4. The third-order valence-electron chi connectivity index (χ3n) is 5.76.